The number of nitrogens with two attached hydrogens (primary N) is 2. The van der Waals surface area contributed by atoms with Gasteiger partial charge in [0.1, 0.15) is 0 Å². The van der Waals surface area contributed by atoms with Crippen LogP contribution in [0.15, 0.2) is 0 Å². The second-order valence-electron chi connectivity index (χ2n) is 3.96. The minimum atomic E-state index is 0.0833. The molecular weight excluding hydrogens is 372 g/mol. The number of hydrogen-bond acceptors (Lipinski definition) is 4. The Hall–Kier alpha value is 0.908. The van der Waals surface area contributed by atoms with Crippen LogP contribution in [0, 0.1) is 11.8 Å². The van der Waals surface area contributed by atoms with Crippen LogP contribution in [-0.4, -0.2) is 8.64 Å². The molecule has 7 heteroatoms. The molecule has 0 aromatic carbocycles. The van der Waals surface area contributed by atoms with Crippen molar-refractivity contribution in [3.8, 4) is 0 Å². The van der Waals surface area contributed by atoms with E-state index >= 15 is 0 Å². The van der Waals surface area contributed by atoms with Gasteiger partial charge in [-0.2, -0.15) is 0 Å². The van der Waals surface area contributed by atoms with E-state index in [-0.39, 0.29) is 8.64 Å². The van der Waals surface area contributed by atoms with Crippen LogP contribution in [-0.2, 0) is 43.8 Å². The number of thiocarbonyl (C=S) groups is 2. The fraction of sp³-hybridized carbons (Fsp3) is 0.800. The van der Waals surface area contributed by atoms with Crippen molar-refractivity contribution in [3.63, 3.8) is 0 Å². The summed E-state index contributed by atoms with van der Waals surface area (Å²) in [6.45, 7) is 9.30. The summed E-state index contributed by atoms with van der Waals surface area (Å²) in [6.07, 6.45) is 0. The third-order valence-electron chi connectivity index (χ3n) is 0.902. The molecule has 0 rings (SSSR count). The molecule has 4 N–H and O–H groups in total. The van der Waals surface area contributed by atoms with Crippen molar-refractivity contribution in [3.05, 3.63) is 0 Å². The quantitative estimate of drug-likeness (QED) is 0.435. The van der Waals surface area contributed by atoms with Crippen molar-refractivity contribution in [2.24, 2.45) is 23.3 Å². The molecule has 0 amide bonds. The van der Waals surface area contributed by atoms with Crippen LogP contribution in [0.1, 0.15) is 27.7 Å². The Kier molecular flexibility index (Phi) is 22.9. The van der Waals surface area contributed by atoms with Crippen LogP contribution in [0.2, 0.25) is 9.62 Å². The van der Waals surface area contributed by atoms with Crippen molar-refractivity contribution in [1.29, 1.82) is 0 Å². The molecule has 0 radical (unpaired) electrons. The zero-order chi connectivity index (χ0) is 14.4. The Labute approximate surface area is 136 Å². The average molecular weight is 395 g/mol. The molecule has 17 heavy (non-hydrogen) atoms. The second kappa shape index (κ2) is 16.9. The molecule has 0 heterocycles. The predicted molar refractivity (Wildman–Crippen MR) is 87.6 cm³/mol. The normalized spacial score (nSPS) is 8.59. The molecule has 0 fully saturated rings. The van der Waals surface area contributed by atoms with Crippen LogP contribution >= 0.6 is 24.4 Å². The first-order chi connectivity index (χ1) is 7.59. The fourth-order valence-electron chi connectivity index (χ4n) is 0.539. The van der Waals surface area contributed by atoms with Gasteiger partial charge in [0.25, 0.3) is 0 Å². The maximum atomic E-state index is 4.66. The zero-order valence-electron chi connectivity index (χ0n) is 10.8. The van der Waals surface area contributed by atoms with Gasteiger partial charge in [-0.15, -0.1) is 0 Å². The van der Waals surface area contributed by atoms with Gasteiger partial charge >= 0.3 is 67.7 Å². The van der Waals surface area contributed by atoms with Gasteiger partial charge in [-0.05, 0) is 0 Å². The van der Waals surface area contributed by atoms with Gasteiger partial charge in [-0.1, -0.05) is 8.64 Å². The second-order valence-corrected chi connectivity index (χ2v) is 8.88. The van der Waals surface area contributed by atoms with Crippen LogP contribution in [0.25, 0.3) is 0 Å². The van der Waals surface area contributed by atoms with Gasteiger partial charge in [-0.3, -0.25) is 0 Å². The van der Waals surface area contributed by atoms with E-state index in [1.165, 1.54) is 9.62 Å². The van der Waals surface area contributed by atoms with E-state index in [2.05, 4.69) is 88.9 Å². The Balaban J connectivity index is -0.000000205. The van der Waals surface area contributed by atoms with E-state index in [4.69, 9.17) is 0 Å². The predicted octanol–water partition coefficient (Wildman–Crippen LogP) is 2.77. The zero-order valence-corrected chi connectivity index (χ0v) is 16.0. The monoisotopic (exact) mass is 396 g/mol. The summed E-state index contributed by atoms with van der Waals surface area (Å²) in [5, 5.41) is 0. The van der Waals surface area contributed by atoms with Gasteiger partial charge in [0.15, 0.2) is 0 Å². The Bertz CT molecular complexity index is 171. The molecule has 0 saturated heterocycles. The minimum Gasteiger partial charge on any atom is -0.415 e. The van der Waals surface area contributed by atoms with Gasteiger partial charge in [0, 0.05) is 0 Å². The van der Waals surface area contributed by atoms with E-state index < -0.39 is 0 Å². The summed E-state index contributed by atoms with van der Waals surface area (Å²) in [6, 6.07) is 0. The van der Waals surface area contributed by atoms with Crippen molar-refractivity contribution in [2.45, 2.75) is 37.3 Å². The first-order valence-corrected chi connectivity index (χ1v) is 9.57. The van der Waals surface area contributed by atoms with E-state index in [1.54, 1.807) is 0 Å². The molecule has 0 aromatic rings. The van der Waals surface area contributed by atoms with Gasteiger partial charge in [0.05, 0.1) is 0 Å². The summed E-state index contributed by atoms with van der Waals surface area (Å²) in [5.74, 6) is 1.90. The molecule has 0 aliphatic carbocycles. The number of hydrogen-bond donors (Lipinski definition) is 2. The summed E-state index contributed by atoms with van der Waals surface area (Å²) in [7, 11) is 0. The molecule has 0 unspecified atom stereocenters. The molecular formula is C10H22MoN2S4. The minimum absolute atomic E-state index is 0.0833. The fourth-order valence-corrected chi connectivity index (χ4v) is 3.19. The third-order valence-corrected chi connectivity index (χ3v) is 5.34. The van der Waals surface area contributed by atoms with Crippen molar-refractivity contribution >= 4 is 58.3 Å². The van der Waals surface area contributed by atoms with Crippen LogP contribution < -0.4 is 11.5 Å². The smallest absolute Gasteiger partial charge is 0.0708 e. The van der Waals surface area contributed by atoms with Crippen LogP contribution in [0.5, 0.6) is 0 Å². The van der Waals surface area contributed by atoms with E-state index in [0.717, 1.165) is 11.8 Å². The van der Waals surface area contributed by atoms with Gasteiger partial charge in [0.2, 0.25) is 0 Å². The summed E-state index contributed by atoms with van der Waals surface area (Å²) in [4.78, 5) is 3.06. The molecule has 0 atom stereocenters. The SMILES string of the molecule is CC(C)[CH2][Mo+2][CH2]C(C)C.NC(=S)[S-].NC(=S)[S-]. The topological polar surface area (TPSA) is 52.0 Å². The first-order valence-electron chi connectivity index (χ1n) is 5.10. The van der Waals surface area contributed by atoms with Crippen LogP contribution in [0.4, 0.5) is 0 Å². The van der Waals surface area contributed by atoms with Gasteiger partial charge < -0.3 is 61.2 Å². The van der Waals surface area contributed by atoms with Crippen molar-refractivity contribution in [1.82, 2.24) is 0 Å². The molecule has 0 aliphatic heterocycles. The van der Waals surface area contributed by atoms with E-state index in [9.17, 15) is 0 Å². The number of rotatable bonds is 4. The average Bonchev–Trinajstić information content (AvgIpc) is 1.99. The summed E-state index contributed by atoms with van der Waals surface area (Å²) in [5.41, 5.74) is 9.31. The van der Waals surface area contributed by atoms with E-state index in [0.29, 0.717) is 18.6 Å². The first kappa shape index (κ1) is 23.0. The summed E-state index contributed by atoms with van der Waals surface area (Å²) >= 11 is 16.9. The van der Waals surface area contributed by atoms with E-state index in [1.807, 2.05) is 0 Å². The van der Waals surface area contributed by atoms with Crippen molar-refractivity contribution < 1.29 is 18.6 Å². The molecule has 102 valence electrons. The van der Waals surface area contributed by atoms with Gasteiger partial charge in [-0.25, -0.2) is 0 Å². The Morgan fingerprint density at radius 3 is 1.24 bits per heavy atom. The largest absolute Gasteiger partial charge is 0.415 e. The molecule has 0 spiro atoms. The maximum absolute atomic E-state index is 4.66. The maximum Gasteiger partial charge on any atom is -0.0708 e. The Morgan fingerprint density at radius 1 is 0.941 bits per heavy atom. The molecule has 0 aromatic heterocycles. The van der Waals surface area contributed by atoms with Crippen LogP contribution in [0.3, 0.4) is 0 Å². The molecule has 0 bridgehead atoms. The standard InChI is InChI=1S/2C4H9.2CH3NS2.Mo/c2*1-4(2)3;2*2-1(3)4;/h2*4H,1H2,2-3H3;2*(H3,2,3,4);/q;;;;+2/p-2. The third kappa shape index (κ3) is 78.7. The molecule has 2 nitrogen and oxygen atoms in total. The summed E-state index contributed by atoms with van der Waals surface area (Å²) < 4.78 is 0.167. The van der Waals surface area contributed by atoms with Crippen molar-refractivity contribution in [2.75, 3.05) is 0 Å². The Morgan fingerprint density at radius 2 is 1.12 bits per heavy atom. The molecule has 0 saturated carbocycles. The molecule has 0 aliphatic rings.